The van der Waals surface area contributed by atoms with Crippen molar-refractivity contribution >= 4 is 24.1 Å². The first-order valence-corrected chi connectivity index (χ1v) is 7.42. The molecule has 2 heterocycles. The predicted molar refractivity (Wildman–Crippen MR) is 88.4 cm³/mol. The fraction of sp³-hybridized carbons (Fsp3) is 0.714. The van der Waals surface area contributed by atoms with Crippen molar-refractivity contribution in [3.63, 3.8) is 0 Å². The summed E-state index contributed by atoms with van der Waals surface area (Å²) in [6, 6.07) is 0.107. The van der Waals surface area contributed by atoms with Crippen molar-refractivity contribution < 1.29 is 9.72 Å². The zero-order valence-electron chi connectivity index (χ0n) is 13.7. The highest BCUT2D eigenvalue weighted by molar-refractivity contribution is 5.85. The van der Waals surface area contributed by atoms with Crippen LogP contribution >= 0.6 is 12.4 Å². The first kappa shape index (κ1) is 19.4. The second kappa shape index (κ2) is 7.27. The van der Waals surface area contributed by atoms with Crippen LogP contribution < -0.4 is 5.73 Å². The minimum atomic E-state index is -0.528. The predicted octanol–water partition coefficient (Wildman–Crippen LogP) is 1.50. The summed E-state index contributed by atoms with van der Waals surface area (Å²) in [5, 5.41) is 10.7. The van der Waals surface area contributed by atoms with Gasteiger partial charge in [0, 0.05) is 39.0 Å². The molecule has 0 aliphatic carbocycles. The number of hydrogen-bond acceptors (Lipinski definition) is 5. The van der Waals surface area contributed by atoms with Crippen molar-refractivity contribution in [3.8, 4) is 0 Å². The van der Waals surface area contributed by atoms with Crippen LogP contribution in [0.3, 0.4) is 0 Å². The van der Waals surface area contributed by atoms with Crippen LogP contribution in [-0.2, 0) is 11.3 Å². The molecule has 1 aromatic rings. The molecule has 1 atom stereocenters. The third kappa shape index (κ3) is 4.42. The number of aromatic nitrogens is 2. The van der Waals surface area contributed by atoms with Gasteiger partial charge < -0.3 is 25.3 Å². The molecule has 1 aliphatic heterocycles. The highest BCUT2D eigenvalue weighted by Crippen LogP contribution is 2.28. The van der Waals surface area contributed by atoms with Gasteiger partial charge in [-0.25, -0.2) is 0 Å². The summed E-state index contributed by atoms with van der Waals surface area (Å²) >= 11 is 0. The molecule has 1 fully saturated rings. The Morgan fingerprint density at radius 3 is 2.74 bits per heavy atom. The molecule has 0 bridgehead atoms. The van der Waals surface area contributed by atoms with Gasteiger partial charge >= 0.3 is 5.82 Å². The van der Waals surface area contributed by atoms with E-state index in [-0.39, 0.29) is 35.6 Å². The molecule has 1 aliphatic rings. The molecule has 8 nitrogen and oxygen atoms in total. The molecule has 1 aromatic heterocycles. The van der Waals surface area contributed by atoms with E-state index in [9.17, 15) is 14.9 Å². The van der Waals surface area contributed by atoms with Crippen molar-refractivity contribution in [1.82, 2.24) is 14.5 Å². The maximum absolute atomic E-state index is 12.3. The minimum Gasteiger partial charge on any atom is -0.358 e. The number of hydrogen-bond donors (Lipinski definition) is 1. The lowest BCUT2D eigenvalue weighted by Crippen LogP contribution is -2.54. The normalized spacial score (nSPS) is 20.0. The first-order chi connectivity index (χ1) is 10.2. The lowest BCUT2D eigenvalue weighted by Gasteiger charge is -2.42. The zero-order valence-corrected chi connectivity index (χ0v) is 14.5. The summed E-state index contributed by atoms with van der Waals surface area (Å²) in [4.78, 5) is 28.2. The third-order valence-electron chi connectivity index (χ3n) is 4.38. The monoisotopic (exact) mass is 345 g/mol. The number of likely N-dealkylation sites (tertiary alicyclic amines) is 1. The van der Waals surface area contributed by atoms with Gasteiger partial charge in [0.2, 0.25) is 11.7 Å². The number of amides is 1. The van der Waals surface area contributed by atoms with E-state index in [4.69, 9.17) is 5.73 Å². The Morgan fingerprint density at radius 2 is 2.22 bits per heavy atom. The summed E-state index contributed by atoms with van der Waals surface area (Å²) < 4.78 is 1.65. The molecule has 9 heteroatoms. The van der Waals surface area contributed by atoms with Crippen molar-refractivity contribution in [2.45, 2.75) is 46.2 Å². The van der Waals surface area contributed by atoms with Gasteiger partial charge in [0.15, 0.2) is 0 Å². The number of rotatable bonds is 4. The van der Waals surface area contributed by atoms with Gasteiger partial charge in [-0.05, 0) is 21.7 Å². The number of nitrogens with two attached hydrogens (primary N) is 1. The standard InChI is InChI=1S/C14H23N5O3.ClH/c1-10-16-12(19(21)22)8-17(10)7-5-13(20)18-6-4-11(15)14(2,3)9-18;/h8,11H,4-7,9,15H2,1-3H3;1H. The van der Waals surface area contributed by atoms with E-state index in [0.717, 1.165) is 6.42 Å². The number of piperidine rings is 1. The van der Waals surface area contributed by atoms with Gasteiger partial charge in [-0.1, -0.05) is 13.8 Å². The molecule has 2 rings (SSSR count). The maximum Gasteiger partial charge on any atom is 0.381 e. The Bertz CT molecular complexity index is 587. The van der Waals surface area contributed by atoms with Crippen LogP contribution in [0.15, 0.2) is 6.20 Å². The molecular weight excluding hydrogens is 322 g/mol. The lowest BCUT2D eigenvalue weighted by atomic mass is 9.79. The summed E-state index contributed by atoms with van der Waals surface area (Å²) in [5.74, 6) is 0.409. The number of aryl methyl sites for hydroxylation is 2. The summed E-state index contributed by atoms with van der Waals surface area (Å²) in [6.07, 6.45) is 2.48. The van der Waals surface area contributed by atoms with Crippen LogP contribution in [-0.4, -0.2) is 44.4 Å². The van der Waals surface area contributed by atoms with Crippen LogP contribution in [0.2, 0.25) is 0 Å². The third-order valence-corrected chi connectivity index (χ3v) is 4.38. The Labute approximate surface area is 141 Å². The van der Waals surface area contributed by atoms with Gasteiger partial charge in [-0.15, -0.1) is 12.4 Å². The molecule has 0 spiro atoms. The average molecular weight is 346 g/mol. The first-order valence-electron chi connectivity index (χ1n) is 7.42. The highest BCUT2D eigenvalue weighted by atomic mass is 35.5. The fourth-order valence-electron chi connectivity index (χ4n) is 2.77. The van der Waals surface area contributed by atoms with Crippen LogP contribution in [0.25, 0.3) is 0 Å². The van der Waals surface area contributed by atoms with E-state index in [1.807, 2.05) is 4.90 Å². The molecule has 0 saturated carbocycles. The number of halogens is 1. The Balaban J connectivity index is 0.00000264. The molecular formula is C14H24ClN5O3. The van der Waals surface area contributed by atoms with Crippen LogP contribution in [0.1, 0.15) is 32.5 Å². The van der Waals surface area contributed by atoms with E-state index in [0.29, 0.717) is 31.9 Å². The van der Waals surface area contributed by atoms with E-state index >= 15 is 0 Å². The summed E-state index contributed by atoms with van der Waals surface area (Å²) in [5.41, 5.74) is 5.99. The Morgan fingerprint density at radius 1 is 1.57 bits per heavy atom. The summed E-state index contributed by atoms with van der Waals surface area (Å²) in [6.45, 7) is 7.55. The van der Waals surface area contributed by atoms with Gasteiger partial charge in [0.1, 0.15) is 6.20 Å². The topological polar surface area (TPSA) is 107 Å². The van der Waals surface area contributed by atoms with Gasteiger partial charge in [0.05, 0.1) is 0 Å². The number of carbonyl (C=O) groups excluding carboxylic acids is 1. The van der Waals surface area contributed by atoms with Crippen LogP contribution in [0.5, 0.6) is 0 Å². The van der Waals surface area contributed by atoms with E-state index < -0.39 is 4.92 Å². The molecule has 0 radical (unpaired) electrons. The van der Waals surface area contributed by atoms with Crippen molar-refractivity contribution in [2.75, 3.05) is 13.1 Å². The highest BCUT2D eigenvalue weighted by Gasteiger charge is 2.35. The van der Waals surface area contributed by atoms with Crippen LogP contribution in [0.4, 0.5) is 5.82 Å². The van der Waals surface area contributed by atoms with E-state index in [1.54, 1.807) is 11.5 Å². The number of carbonyl (C=O) groups is 1. The zero-order chi connectivity index (χ0) is 16.5. The maximum atomic E-state index is 12.3. The number of imidazole rings is 1. The molecule has 1 amide bonds. The van der Waals surface area contributed by atoms with Crippen LogP contribution in [0, 0.1) is 22.5 Å². The van der Waals surface area contributed by atoms with Gasteiger partial charge in [0.25, 0.3) is 0 Å². The molecule has 2 N–H and O–H groups in total. The largest absolute Gasteiger partial charge is 0.381 e. The molecule has 1 unspecified atom stereocenters. The number of nitrogens with zero attached hydrogens (tertiary/aromatic N) is 4. The van der Waals surface area contributed by atoms with Gasteiger partial charge in [-0.2, -0.15) is 0 Å². The molecule has 130 valence electrons. The molecule has 1 saturated heterocycles. The van der Waals surface area contributed by atoms with E-state index in [2.05, 4.69) is 18.8 Å². The Hall–Kier alpha value is -1.67. The fourth-order valence-corrected chi connectivity index (χ4v) is 2.77. The molecule has 0 aromatic carbocycles. The minimum absolute atomic E-state index is 0. The average Bonchev–Trinajstić information content (AvgIpc) is 2.80. The SMILES string of the molecule is Cc1nc([N+](=O)[O-])cn1CCC(=O)N1CCC(N)C(C)(C)C1.Cl. The quantitative estimate of drug-likeness (QED) is 0.657. The van der Waals surface area contributed by atoms with Crippen molar-refractivity contribution in [3.05, 3.63) is 22.1 Å². The number of nitro groups is 1. The van der Waals surface area contributed by atoms with Gasteiger partial charge in [-0.3, -0.25) is 4.79 Å². The second-order valence-corrected chi connectivity index (χ2v) is 6.55. The lowest BCUT2D eigenvalue weighted by molar-refractivity contribution is -0.389. The smallest absolute Gasteiger partial charge is 0.358 e. The molecule has 23 heavy (non-hydrogen) atoms. The second-order valence-electron chi connectivity index (χ2n) is 6.55. The van der Waals surface area contributed by atoms with E-state index in [1.165, 1.54) is 6.20 Å². The van der Waals surface area contributed by atoms with Crippen molar-refractivity contribution in [1.29, 1.82) is 0 Å². The summed E-state index contributed by atoms with van der Waals surface area (Å²) in [7, 11) is 0. The Kier molecular flexibility index (Phi) is 6.12. The van der Waals surface area contributed by atoms with Crippen molar-refractivity contribution in [2.24, 2.45) is 11.1 Å².